The molecule has 0 aliphatic carbocycles. The Morgan fingerprint density at radius 2 is 1.69 bits per heavy atom. The van der Waals surface area contributed by atoms with E-state index >= 15 is 0 Å². The van der Waals surface area contributed by atoms with Crippen molar-refractivity contribution in [1.82, 2.24) is 29.2 Å². The van der Waals surface area contributed by atoms with Gasteiger partial charge >= 0.3 is 0 Å². The fourth-order valence-electron chi connectivity index (χ4n) is 4.13. The second kappa shape index (κ2) is 9.03. The minimum Gasteiger partial charge on any atom is -0.497 e. The van der Waals surface area contributed by atoms with E-state index in [1.54, 1.807) is 35.1 Å². The number of hydrogen-bond acceptors (Lipinski definition) is 7. The van der Waals surface area contributed by atoms with E-state index in [0.29, 0.717) is 51.9 Å². The Labute approximate surface area is 205 Å². The fourth-order valence-corrected chi connectivity index (χ4v) is 4.13. The van der Waals surface area contributed by atoms with E-state index < -0.39 is 0 Å². The number of pyridine rings is 1. The highest BCUT2D eigenvalue weighted by atomic mass is 16.5. The lowest BCUT2D eigenvalue weighted by molar-refractivity contribution is 0.414. The van der Waals surface area contributed by atoms with Gasteiger partial charge in [0.15, 0.2) is 11.3 Å². The summed E-state index contributed by atoms with van der Waals surface area (Å²) in [4.78, 5) is 32.1. The summed E-state index contributed by atoms with van der Waals surface area (Å²) >= 11 is 0. The molecule has 0 unspecified atom stereocenters. The van der Waals surface area contributed by atoms with Crippen LogP contribution >= 0.6 is 0 Å². The summed E-state index contributed by atoms with van der Waals surface area (Å²) in [6.07, 6.45) is 5.54. The highest BCUT2D eigenvalue weighted by Crippen LogP contribution is 2.25. The molecule has 0 aliphatic rings. The van der Waals surface area contributed by atoms with Crippen LogP contribution < -0.4 is 10.3 Å². The van der Waals surface area contributed by atoms with Gasteiger partial charge in [-0.1, -0.05) is 30.3 Å². The van der Waals surface area contributed by atoms with Gasteiger partial charge in [0.25, 0.3) is 5.56 Å². The third-order valence-electron chi connectivity index (χ3n) is 6.00. The van der Waals surface area contributed by atoms with Gasteiger partial charge in [-0.05, 0) is 48.4 Å². The minimum atomic E-state index is -0.185. The van der Waals surface area contributed by atoms with Crippen molar-refractivity contribution in [1.29, 1.82) is 0 Å². The van der Waals surface area contributed by atoms with Gasteiger partial charge in [-0.2, -0.15) is 9.78 Å². The van der Waals surface area contributed by atoms with Crippen molar-refractivity contribution in [3.8, 4) is 5.75 Å². The number of aryl methyl sites for hydroxylation is 2. The summed E-state index contributed by atoms with van der Waals surface area (Å²) in [7, 11) is 1.64. The Bertz CT molecular complexity index is 1790. The monoisotopic (exact) mass is 475 g/mol. The first-order valence-electron chi connectivity index (χ1n) is 11.5. The van der Waals surface area contributed by atoms with Gasteiger partial charge in [-0.3, -0.25) is 14.3 Å². The number of ether oxygens (including phenoxy) is 1. The quantitative estimate of drug-likeness (QED) is 0.340. The van der Waals surface area contributed by atoms with Crippen LogP contribution in [0.15, 0.2) is 89.2 Å². The molecule has 0 aliphatic heterocycles. The third kappa shape index (κ3) is 3.86. The molecule has 0 N–H and O–H groups in total. The van der Waals surface area contributed by atoms with E-state index in [4.69, 9.17) is 14.7 Å². The van der Waals surface area contributed by atoms with Crippen molar-refractivity contribution in [3.63, 3.8) is 0 Å². The molecule has 176 valence electrons. The van der Waals surface area contributed by atoms with Crippen molar-refractivity contribution < 1.29 is 4.74 Å². The van der Waals surface area contributed by atoms with Crippen molar-refractivity contribution in [3.05, 3.63) is 101 Å². The average Bonchev–Trinajstić information content (AvgIpc) is 3.24. The van der Waals surface area contributed by atoms with Crippen LogP contribution in [0.4, 0.5) is 0 Å². The molecule has 0 bridgehead atoms. The summed E-state index contributed by atoms with van der Waals surface area (Å²) in [5, 5.41) is 4.97. The Balaban J connectivity index is 1.49. The Morgan fingerprint density at radius 1 is 0.917 bits per heavy atom. The molecule has 4 aromatic heterocycles. The molecule has 36 heavy (non-hydrogen) atoms. The number of methoxy groups -OCH3 is 1. The van der Waals surface area contributed by atoms with Crippen molar-refractivity contribution in [2.75, 3.05) is 7.11 Å². The maximum atomic E-state index is 13.6. The third-order valence-corrected chi connectivity index (χ3v) is 6.00. The van der Waals surface area contributed by atoms with Crippen molar-refractivity contribution in [2.45, 2.75) is 13.0 Å². The topological polar surface area (TPSA) is 100 Å². The van der Waals surface area contributed by atoms with E-state index in [-0.39, 0.29) is 5.56 Å². The molecule has 0 fully saturated rings. The van der Waals surface area contributed by atoms with Crippen LogP contribution in [0.2, 0.25) is 0 Å². The number of rotatable bonds is 6. The summed E-state index contributed by atoms with van der Waals surface area (Å²) in [5.74, 6) is 0.795. The fraction of sp³-hybridized carbons (Fsp3) is 0.111. The van der Waals surface area contributed by atoms with E-state index in [1.807, 2.05) is 66.7 Å². The van der Waals surface area contributed by atoms with Crippen LogP contribution in [-0.2, 0) is 13.0 Å². The molecule has 2 aromatic carbocycles. The second-order valence-corrected chi connectivity index (χ2v) is 8.24. The zero-order valence-electron chi connectivity index (χ0n) is 19.4. The molecule has 0 amide bonds. The molecular weight excluding hydrogens is 454 g/mol. The van der Waals surface area contributed by atoms with Crippen LogP contribution in [0.3, 0.4) is 0 Å². The number of benzene rings is 2. The Kier molecular flexibility index (Phi) is 5.42. The maximum absolute atomic E-state index is 13.6. The highest BCUT2D eigenvalue weighted by molar-refractivity contribution is 6.04. The summed E-state index contributed by atoms with van der Waals surface area (Å²) in [6, 6.07) is 20.9. The Hall–Kier alpha value is -4.92. The first-order chi connectivity index (χ1) is 17.7. The van der Waals surface area contributed by atoms with Gasteiger partial charge in [0.05, 0.1) is 36.4 Å². The molecule has 4 heterocycles. The van der Waals surface area contributed by atoms with Crippen LogP contribution in [-0.4, -0.2) is 42.5 Å². The zero-order chi connectivity index (χ0) is 24.5. The lowest BCUT2D eigenvalue weighted by Gasteiger charge is -2.06. The van der Waals surface area contributed by atoms with Gasteiger partial charge in [-0.15, -0.1) is 0 Å². The van der Waals surface area contributed by atoms with Crippen molar-refractivity contribution >= 4 is 39.4 Å². The number of hydrogen-bond donors (Lipinski definition) is 0. The van der Waals surface area contributed by atoms with E-state index in [0.717, 1.165) is 11.3 Å². The predicted octanol–water partition coefficient (Wildman–Crippen LogP) is 3.82. The van der Waals surface area contributed by atoms with Gasteiger partial charge in [0.2, 0.25) is 0 Å². The molecular formula is C27H21N7O2. The van der Waals surface area contributed by atoms with E-state index in [2.05, 4.69) is 15.1 Å². The number of para-hydroxylation sites is 2. The number of nitrogens with zero attached hydrogens (tertiary/aromatic N) is 7. The molecule has 0 saturated heterocycles. The maximum Gasteiger partial charge on any atom is 0.265 e. The highest BCUT2D eigenvalue weighted by Gasteiger charge is 2.19. The standard InChI is InChI=1S/C27H21N7O2/c1-36-20-11-9-18(10-12-20)13-15-33-17-29-25-23(27(33)35)24-26(32-22-8-3-2-7-21(22)31-24)34(25)30-16-19-6-4-5-14-28-19/h2-12,14,16-17H,13,15H2,1H3/b30-16-. The number of fused-ring (bicyclic) bond motifs is 4. The zero-order valence-corrected chi connectivity index (χ0v) is 19.4. The normalized spacial score (nSPS) is 11.7. The molecule has 9 heteroatoms. The molecule has 6 rings (SSSR count). The first-order valence-corrected chi connectivity index (χ1v) is 11.5. The second-order valence-electron chi connectivity index (χ2n) is 8.24. The van der Waals surface area contributed by atoms with Gasteiger partial charge in [0, 0.05) is 12.7 Å². The molecule has 0 spiro atoms. The van der Waals surface area contributed by atoms with Crippen molar-refractivity contribution in [2.24, 2.45) is 5.10 Å². The summed E-state index contributed by atoms with van der Waals surface area (Å²) < 4.78 is 8.40. The van der Waals surface area contributed by atoms with Crippen LogP contribution in [0.5, 0.6) is 5.75 Å². The van der Waals surface area contributed by atoms with Gasteiger partial charge in [-0.25, -0.2) is 15.0 Å². The smallest absolute Gasteiger partial charge is 0.265 e. The largest absolute Gasteiger partial charge is 0.497 e. The van der Waals surface area contributed by atoms with Gasteiger partial charge < -0.3 is 4.74 Å². The van der Waals surface area contributed by atoms with Crippen LogP contribution in [0.25, 0.3) is 33.2 Å². The van der Waals surface area contributed by atoms with Crippen LogP contribution in [0, 0.1) is 0 Å². The first kappa shape index (κ1) is 21.6. The predicted molar refractivity (Wildman–Crippen MR) is 139 cm³/mol. The lowest BCUT2D eigenvalue weighted by atomic mass is 10.1. The molecule has 0 saturated carbocycles. The van der Waals surface area contributed by atoms with E-state index in [9.17, 15) is 4.79 Å². The van der Waals surface area contributed by atoms with Gasteiger partial charge in [0.1, 0.15) is 16.7 Å². The Morgan fingerprint density at radius 3 is 2.44 bits per heavy atom. The molecule has 0 atom stereocenters. The minimum absolute atomic E-state index is 0.185. The molecule has 9 nitrogen and oxygen atoms in total. The summed E-state index contributed by atoms with van der Waals surface area (Å²) in [6.45, 7) is 0.471. The van der Waals surface area contributed by atoms with Crippen LogP contribution in [0.1, 0.15) is 11.3 Å². The molecule has 0 radical (unpaired) electrons. The number of aromatic nitrogens is 6. The lowest BCUT2D eigenvalue weighted by Crippen LogP contribution is -2.21. The summed E-state index contributed by atoms with van der Waals surface area (Å²) in [5.41, 5.74) is 4.33. The SMILES string of the molecule is COc1ccc(CCn2cnc3c(c2=O)c2nc4ccccc4nc2n3/N=C\c2ccccn2)cc1. The molecule has 6 aromatic rings. The average molecular weight is 476 g/mol. The van der Waals surface area contributed by atoms with E-state index in [1.165, 1.54) is 0 Å².